The highest BCUT2D eigenvalue weighted by atomic mass is 35.5. The molecule has 0 bridgehead atoms. The molecular formula is C8H7Cl2F2NO3S. The number of nitrogens with two attached hydrogens (primary N) is 1. The summed E-state index contributed by atoms with van der Waals surface area (Å²) in [5, 5.41) is 4.45. The van der Waals surface area contributed by atoms with Gasteiger partial charge in [0.25, 0.3) is 6.43 Å². The molecule has 2 N–H and O–H groups in total. The smallest absolute Gasteiger partial charge is 0.272 e. The van der Waals surface area contributed by atoms with Crippen LogP contribution in [0.2, 0.25) is 10.0 Å². The molecule has 0 amide bonds. The van der Waals surface area contributed by atoms with Crippen molar-refractivity contribution < 1.29 is 21.9 Å². The highest BCUT2D eigenvalue weighted by molar-refractivity contribution is 7.89. The first-order valence-electron chi connectivity index (χ1n) is 4.14. The normalized spacial score (nSPS) is 11.9. The number of alkyl halides is 2. The monoisotopic (exact) mass is 305 g/mol. The van der Waals surface area contributed by atoms with Crippen molar-refractivity contribution in [3.63, 3.8) is 0 Å². The molecule has 0 saturated heterocycles. The Hall–Kier alpha value is -0.630. The lowest BCUT2D eigenvalue weighted by Crippen LogP contribution is -2.13. The van der Waals surface area contributed by atoms with Crippen LogP contribution in [-0.4, -0.2) is 21.5 Å². The van der Waals surface area contributed by atoms with Gasteiger partial charge in [0.2, 0.25) is 10.0 Å². The van der Waals surface area contributed by atoms with Gasteiger partial charge in [-0.3, -0.25) is 0 Å². The maximum atomic E-state index is 11.9. The lowest BCUT2D eigenvalue weighted by atomic mass is 10.3. The fourth-order valence-electron chi connectivity index (χ4n) is 0.992. The van der Waals surface area contributed by atoms with Gasteiger partial charge in [-0.2, -0.15) is 0 Å². The SMILES string of the molecule is NS(=O)(=O)c1cc(Cl)c(OCC(F)F)cc1Cl. The number of primary sulfonamides is 1. The molecule has 0 aliphatic heterocycles. The zero-order valence-electron chi connectivity index (χ0n) is 8.16. The van der Waals surface area contributed by atoms with Crippen molar-refractivity contribution in [1.82, 2.24) is 0 Å². The van der Waals surface area contributed by atoms with E-state index >= 15 is 0 Å². The van der Waals surface area contributed by atoms with Gasteiger partial charge >= 0.3 is 0 Å². The highest BCUT2D eigenvalue weighted by Gasteiger charge is 2.17. The summed E-state index contributed by atoms with van der Waals surface area (Å²) in [5.41, 5.74) is 0. The molecule has 9 heteroatoms. The number of hydrogen-bond donors (Lipinski definition) is 1. The van der Waals surface area contributed by atoms with Crippen molar-refractivity contribution in [1.29, 1.82) is 0 Å². The molecule has 1 aromatic rings. The molecule has 0 saturated carbocycles. The largest absolute Gasteiger partial charge is 0.486 e. The quantitative estimate of drug-likeness (QED) is 0.928. The van der Waals surface area contributed by atoms with Crippen molar-refractivity contribution in [3.8, 4) is 5.75 Å². The number of ether oxygens (including phenoxy) is 1. The second-order valence-corrected chi connectivity index (χ2v) is 5.30. The third-order valence-electron chi connectivity index (χ3n) is 1.66. The number of benzene rings is 1. The summed E-state index contributed by atoms with van der Waals surface area (Å²) in [6.45, 7) is -0.870. The molecule has 1 aromatic carbocycles. The van der Waals surface area contributed by atoms with Gasteiger partial charge in [0, 0.05) is 6.07 Å². The van der Waals surface area contributed by atoms with E-state index in [2.05, 4.69) is 4.74 Å². The van der Waals surface area contributed by atoms with Crippen LogP contribution >= 0.6 is 23.2 Å². The Labute approximate surface area is 106 Å². The predicted molar refractivity (Wildman–Crippen MR) is 59.3 cm³/mol. The van der Waals surface area contributed by atoms with Gasteiger partial charge in [-0.05, 0) is 6.07 Å². The molecule has 0 spiro atoms. The molecule has 0 aliphatic carbocycles. The van der Waals surface area contributed by atoms with E-state index < -0.39 is 28.0 Å². The summed E-state index contributed by atoms with van der Waals surface area (Å²) in [5.74, 6) is -0.135. The van der Waals surface area contributed by atoms with Crippen molar-refractivity contribution in [2.45, 2.75) is 11.3 Å². The zero-order valence-corrected chi connectivity index (χ0v) is 10.5. The second kappa shape index (κ2) is 5.34. The van der Waals surface area contributed by atoms with E-state index in [1.165, 1.54) is 0 Å². The van der Waals surface area contributed by atoms with E-state index in [-0.39, 0.29) is 15.8 Å². The van der Waals surface area contributed by atoms with E-state index in [0.717, 1.165) is 12.1 Å². The van der Waals surface area contributed by atoms with Crippen LogP contribution in [0.1, 0.15) is 0 Å². The number of hydrogen-bond acceptors (Lipinski definition) is 3. The maximum Gasteiger partial charge on any atom is 0.272 e. The summed E-state index contributed by atoms with van der Waals surface area (Å²) in [7, 11) is -4.02. The summed E-state index contributed by atoms with van der Waals surface area (Å²) in [6.07, 6.45) is -2.68. The Bertz CT molecular complexity index is 522. The van der Waals surface area contributed by atoms with Gasteiger partial charge in [-0.1, -0.05) is 23.2 Å². The summed E-state index contributed by atoms with van der Waals surface area (Å²) >= 11 is 11.3. The molecule has 4 nitrogen and oxygen atoms in total. The fraction of sp³-hybridized carbons (Fsp3) is 0.250. The Morgan fingerprint density at radius 3 is 2.35 bits per heavy atom. The first-order valence-corrected chi connectivity index (χ1v) is 6.45. The number of rotatable bonds is 4. The molecular weight excluding hydrogens is 299 g/mol. The topological polar surface area (TPSA) is 69.4 Å². The van der Waals surface area contributed by atoms with Crippen molar-refractivity contribution >= 4 is 33.2 Å². The standard InChI is InChI=1S/C8H7Cl2F2NO3S/c9-4-2-7(17(13,14)15)5(10)1-6(4)16-3-8(11)12/h1-2,8H,3H2,(H2,13,14,15). The van der Waals surface area contributed by atoms with Crippen LogP contribution in [0.15, 0.2) is 17.0 Å². The Kier molecular flexibility index (Phi) is 4.54. The Morgan fingerprint density at radius 1 is 1.29 bits per heavy atom. The highest BCUT2D eigenvalue weighted by Crippen LogP contribution is 2.33. The van der Waals surface area contributed by atoms with Crippen molar-refractivity contribution in [2.24, 2.45) is 5.14 Å². The minimum absolute atomic E-state index is 0.135. The molecule has 0 fully saturated rings. The van der Waals surface area contributed by atoms with Gasteiger partial charge in [-0.25, -0.2) is 22.3 Å². The Balaban J connectivity index is 3.10. The molecule has 0 aromatic heterocycles. The first kappa shape index (κ1) is 14.4. The predicted octanol–water partition coefficient (Wildman–Crippen LogP) is 2.28. The van der Waals surface area contributed by atoms with Gasteiger partial charge in [-0.15, -0.1) is 0 Å². The van der Waals surface area contributed by atoms with Crippen LogP contribution in [0.4, 0.5) is 8.78 Å². The molecule has 0 unspecified atom stereocenters. The molecule has 0 radical (unpaired) electrons. The van der Waals surface area contributed by atoms with Crippen LogP contribution in [0.25, 0.3) is 0 Å². The molecule has 1 rings (SSSR count). The fourth-order valence-corrected chi connectivity index (χ4v) is 2.36. The van der Waals surface area contributed by atoms with Gasteiger partial charge in [0.05, 0.1) is 10.0 Å². The second-order valence-electron chi connectivity index (χ2n) is 2.96. The Morgan fingerprint density at radius 2 is 1.88 bits per heavy atom. The van der Waals surface area contributed by atoms with E-state index in [4.69, 9.17) is 28.3 Å². The summed E-state index contributed by atoms with van der Waals surface area (Å²) in [4.78, 5) is -0.395. The average Bonchev–Trinajstić information content (AvgIpc) is 2.17. The first-order chi connectivity index (χ1) is 7.71. The van der Waals surface area contributed by atoms with Crippen molar-refractivity contribution in [3.05, 3.63) is 22.2 Å². The van der Waals surface area contributed by atoms with E-state index in [1.807, 2.05) is 0 Å². The van der Waals surface area contributed by atoms with Gasteiger partial charge in [0.1, 0.15) is 17.3 Å². The van der Waals surface area contributed by atoms with E-state index in [1.54, 1.807) is 0 Å². The number of halogens is 4. The maximum absolute atomic E-state index is 11.9. The van der Waals surface area contributed by atoms with Crippen molar-refractivity contribution in [2.75, 3.05) is 6.61 Å². The lowest BCUT2D eigenvalue weighted by molar-refractivity contribution is 0.0819. The van der Waals surface area contributed by atoms with Crippen LogP contribution in [0.5, 0.6) is 5.75 Å². The molecule has 96 valence electrons. The summed E-state index contributed by atoms with van der Waals surface area (Å²) in [6, 6.07) is 1.96. The minimum atomic E-state index is -4.02. The minimum Gasteiger partial charge on any atom is -0.486 e. The molecule has 0 aliphatic rings. The summed E-state index contributed by atoms with van der Waals surface area (Å²) < 4.78 is 50.6. The third kappa shape index (κ3) is 3.95. The van der Waals surface area contributed by atoms with E-state index in [0.29, 0.717) is 0 Å². The molecule has 0 atom stereocenters. The number of sulfonamides is 1. The lowest BCUT2D eigenvalue weighted by Gasteiger charge is -2.09. The average molecular weight is 306 g/mol. The van der Waals surface area contributed by atoms with Gasteiger partial charge < -0.3 is 4.74 Å². The van der Waals surface area contributed by atoms with Crippen LogP contribution in [0, 0.1) is 0 Å². The van der Waals surface area contributed by atoms with Crippen LogP contribution < -0.4 is 9.88 Å². The van der Waals surface area contributed by atoms with Gasteiger partial charge in [0.15, 0.2) is 0 Å². The van der Waals surface area contributed by atoms with E-state index in [9.17, 15) is 17.2 Å². The third-order valence-corrected chi connectivity index (χ3v) is 3.33. The molecule has 0 heterocycles. The molecule has 17 heavy (non-hydrogen) atoms. The van der Waals surface area contributed by atoms with Crippen LogP contribution in [-0.2, 0) is 10.0 Å². The zero-order chi connectivity index (χ0) is 13.2. The van der Waals surface area contributed by atoms with Crippen LogP contribution in [0.3, 0.4) is 0 Å².